The number of nitrogens with two attached hydrogens (primary N) is 1. The average Bonchev–Trinajstić information content (AvgIpc) is 2.82. The van der Waals surface area contributed by atoms with E-state index in [-0.39, 0.29) is 12.6 Å². The Labute approximate surface area is 102 Å². The molecule has 2 rings (SSSR count). The Bertz CT molecular complexity index is 406. The zero-order chi connectivity index (χ0) is 12.4. The fourth-order valence-electron chi connectivity index (χ4n) is 2.30. The lowest BCUT2D eigenvalue weighted by atomic mass is 10.1. The molecule has 0 aromatic carbocycles. The van der Waals surface area contributed by atoms with Crippen LogP contribution in [0.5, 0.6) is 0 Å². The van der Waals surface area contributed by atoms with Gasteiger partial charge in [0.25, 0.3) is 0 Å². The second-order valence-corrected chi connectivity index (χ2v) is 4.78. The van der Waals surface area contributed by atoms with E-state index in [9.17, 15) is 5.11 Å². The molecule has 4 heteroatoms. The molecule has 4 nitrogen and oxygen atoms in total. The Morgan fingerprint density at radius 2 is 2.29 bits per heavy atom. The van der Waals surface area contributed by atoms with Gasteiger partial charge in [-0.05, 0) is 37.8 Å². The summed E-state index contributed by atoms with van der Waals surface area (Å²) in [6, 6.07) is 2.25. The second-order valence-electron chi connectivity index (χ2n) is 4.78. The van der Waals surface area contributed by atoms with Gasteiger partial charge in [0.1, 0.15) is 5.82 Å². The maximum absolute atomic E-state index is 9.22. The van der Waals surface area contributed by atoms with Crippen LogP contribution in [0, 0.1) is 0 Å². The van der Waals surface area contributed by atoms with E-state index in [0.717, 1.165) is 24.2 Å². The normalized spacial score (nSPS) is 15.8. The van der Waals surface area contributed by atoms with Gasteiger partial charge in [0.15, 0.2) is 0 Å². The van der Waals surface area contributed by atoms with E-state index in [1.165, 1.54) is 17.7 Å². The molecule has 3 N–H and O–H groups in total. The Morgan fingerprint density at radius 1 is 1.53 bits per heavy atom. The molecule has 0 fully saturated rings. The fourth-order valence-corrected chi connectivity index (χ4v) is 2.30. The lowest BCUT2D eigenvalue weighted by Gasteiger charge is -2.27. The number of aliphatic hydroxyl groups excluding tert-OH is 1. The number of likely N-dealkylation sites (N-methyl/N-ethyl adjacent to an activating group) is 1. The van der Waals surface area contributed by atoms with Gasteiger partial charge in [-0.25, -0.2) is 4.98 Å². The molecule has 1 unspecified atom stereocenters. The van der Waals surface area contributed by atoms with Crippen molar-refractivity contribution in [3.8, 4) is 0 Å². The third-order valence-electron chi connectivity index (χ3n) is 3.59. The summed E-state index contributed by atoms with van der Waals surface area (Å²) in [6.45, 7) is 2.60. The van der Waals surface area contributed by atoms with Crippen molar-refractivity contribution in [2.24, 2.45) is 5.73 Å². The van der Waals surface area contributed by atoms with Crippen LogP contribution in [0.4, 0.5) is 5.82 Å². The van der Waals surface area contributed by atoms with Gasteiger partial charge in [0.05, 0.1) is 12.6 Å². The molecule has 1 aromatic rings. The second kappa shape index (κ2) is 5.02. The number of hydrogen-bond acceptors (Lipinski definition) is 4. The zero-order valence-electron chi connectivity index (χ0n) is 10.6. The molecule has 0 radical (unpaired) electrons. The van der Waals surface area contributed by atoms with Gasteiger partial charge in [0, 0.05) is 24.8 Å². The van der Waals surface area contributed by atoms with Crippen molar-refractivity contribution in [2.45, 2.75) is 38.8 Å². The molecule has 1 atom stereocenters. The molecule has 1 aromatic heterocycles. The Balaban J connectivity index is 2.38. The first kappa shape index (κ1) is 12.3. The third kappa shape index (κ3) is 2.28. The molecule has 94 valence electrons. The number of pyridine rings is 1. The predicted octanol–water partition coefficient (Wildman–Crippen LogP) is 0.846. The minimum absolute atomic E-state index is 0.0623. The lowest BCUT2D eigenvalue weighted by molar-refractivity contribution is 0.269. The van der Waals surface area contributed by atoms with Crippen molar-refractivity contribution < 1.29 is 5.11 Å². The molecule has 1 aliphatic rings. The molecule has 0 saturated heterocycles. The lowest BCUT2D eigenvalue weighted by Crippen LogP contribution is -2.33. The quantitative estimate of drug-likeness (QED) is 0.812. The average molecular weight is 235 g/mol. The summed E-state index contributed by atoms with van der Waals surface area (Å²) in [6.07, 6.45) is 3.37. The number of aromatic nitrogens is 1. The molecular formula is C13H21N3O. The van der Waals surface area contributed by atoms with Crippen molar-refractivity contribution in [3.05, 3.63) is 22.9 Å². The molecule has 17 heavy (non-hydrogen) atoms. The van der Waals surface area contributed by atoms with E-state index in [0.29, 0.717) is 6.54 Å². The molecule has 0 aliphatic heterocycles. The Kier molecular flexibility index (Phi) is 3.64. The molecule has 1 heterocycles. The van der Waals surface area contributed by atoms with E-state index in [4.69, 9.17) is 10.7 Å². The number of nitrogens with zero attached hydrogens (tertiary/aromatic N) is 2. The maximum Gasteiger partial charge on any atom is 0.133 e. The van der Waals surface area contributed by atoms with Gasteiger partial charge in [-0.3, -0.25) is 0 Å². The molecular weight excluding hydrogens is 214 g/mol. The van der Waals surface area contributed by atoms with E-state index < -0.39 is 0 Å². The highest BCUT2D eigenvalue weighted by Gasteiger charge is 2.19. The molecule has 0 amide bonds. The molecule has 0 spiro atoms. The summed E-state index contributed by atoms with van der Waals surface area (Å²) in [4.78, 5) is 6.74. The minimum Gasteiger partial charge on any atom is -0.394 e. The number of hydrogen-bond donors (Lipinski definition) is 2. The van der Waals surface area contributed by atoms with Gasteiger partial charge >= 0.3 is 0 Å². The smallest absolute Gasteiger partial charge is 0.133 e. The van der Waals surface area contributed by atoms with E-state index in [1.807, 2.05) is 18.9 Å². The highest BCUT2D eigenvalue weighted by atomic mass is 16.3. The number of rotatable bonds is 4. The van der Waals surface area contributed by atoms with Crippen LogP contribution in [0.15, 0.2) is 6.07 Å². The van der Waals surface area contributed by atoms with Crippen LogP contribution in [-0.4, -0.2) is 29.8 Å². The van der Waals surface area contributed by atoms with Crippen LogP contribution < -0.4 is 10.6 Å². The number of fused-ring (bicyclic) bond motifs is 1. The molecule has 0 bridgehead atoms. The highest BCUT2D eigenvalue weighted by molar-refractivity contribution is 5.51. The highest BCUT2D eigenvalue weighted by Crippen LogP contribution is 2.27. The van der Waals surface area contributed by atoms with Crippen molar-refractivity contribution in [2.75, 3.05) is 18.6 Å². The first-order valence-corrected chi connectivity index (χ1v) is 6.22. The largest absolute Gasteiger partial charge is 0.394 e. The first-order valence-electron chi connectivity index (χ1n) is 6.22. The zero-order valence-corrected chi connectivity index (χ0v) is 10.6. The fraction of sp³-hybridized carbons (Fsp3) is 0.615. The van der Waals surface area contributed by atoms with Gasteiger partial charge in [-0.1, -0.05) is 0 Å². The van der Waals surface area contributed by atoms with Crippen molar-refractivity contribution >= 4 is 5.82 Å². The van der Waals surface area contributed by atoms with Gasteiger partial charge < -0.3 is 15.7 Å². The number of aliphatic hydroxyl groups is 1. The van der Waals surface area contributed by atoms with Gasteiger partial charge in [-0.2, -0.15) is 0 Å². The Morgan fingerprint density at radius 3 is 2.94 bits per heavy atom. The van der Waals surface area contributed by atoms with E-state index in [1.54, 1.807) is 0 Å². The summed E-state index contributed by atoms with van der Waals surface area (Å²) in [5, 5.41) is 9.22. The van der Waals surface area contributed by atoms with Crippen molar-refractivity contribution in [1.29, 1.82) is 0 Å². The topological polar surface area (TPSA) is 62.4 Å². The van der Waals surface area contributed by atoms with Crippen LogP contribution in [-0.2, 0) is 19.4 Å². The third-order valence-corrected chi connectivity index (χ3v) is 3.59. The van der Waals surface area contributed by atoms with Gasteiger partial charge in [-0.15, -0.1) is 0 Å². The van der Waals surface area contributed by atoms with E-state index >= 15 is 0 Å². The summed E-state index contributed by atoms with van der Waals surface area (Å²) in [7, 11) is 1.96. The van der Waals surface area contributed by atoms with Crippen LogP contribution in [0.2, 0.25) is 0 Å². The minimum atomic E-state index is 0.0623. The van der Waals surface area contributed by atoms with E-state index in [2.05, 4.69) is 6.07 Å². The van der Waals surface area contributed by atoms with Crippen molar-refractivity contribution in [3.63, 3.8) is 0 Å². The summed E-state index contributed by atoms with van der Waals surface area (Å²) in [5.74, 6) is 0.926. The molecule has 1 aliphatic carbocycles. The monoisotopic (exact) mass is 235 g/mol. The van der Waals surface area contributed by atoms with Crippen LogP contribution >= 0.6 is 0 Å². The van der Waals surface area contributed by atoms with Crippen LogP contribution in [0.3, 0.4) is 0 Å². The number of anilines is 1. The standard InChI is InChI=1S/C13H21N3O/c1-9(8-17)16(2)13-11(7-14)6-10-4-3-5-12(10)15-13/h6,9,17H,3-5,7-8,14H2,1-2H3. The van der Waals surface area contributed by atoms with Crippen LogP contribution in [0.25, 0.3) is 0 Å². The summed E-state index contributed by atoms with van der Waals surface area (Å²) < 4.78 is 0. The van der Waals surface area contributed by atoms with Gasteiger partial charge in [0.2, 0.25) is 0 Å². The summed E-state index contributed by atoms with van der Waals surface area (Å²) >= 11 is 0. The first-order chi connectivity index (χ1) is 8.17. The predicted molar refractivity (Wildman–Crippen MR) is 69.1 cm³/mol. The van der Waals surface area contributed by atoms with Crippen LogP contribution in [0.1, 0.15) is 30.2 Å². The maximum atomic E-state index is 9.22. The summed E-state index contributed by atoms with van der Waals surface area (Å²) in [5.41, 5.74) is 9.42. The van der Waals surface area contributed by atoms with Crippen molar-refractivity contribution in [1.82, 2.24) is 4.98 Å². The SMILES string of the molecule is CC(CO)N(C)c1nc2c(cc1CN)CCC2. The Hall–Kier alpha value is -1.13. The number of aryl methyl sites for hydroxylation is 2. The molecule has 0 saturated carbocycles.